The van der Waals surface area contributed by atoms with E-state index in [0.29, 0.717) is 24.3 Å². The van der Waals surface area contributed by atoms with Crippen LogP contribution in [-0.2, 0) is 0 Å². The van der Waals surface area contributed by atoms with Crippen LogP contribution in [0.4, 0.5) is 0 Å². The number of piperidine rings is 1. The summed E-state index contributed by atoms with van der Waals surface area (Å²) < 4.78 is 12.5. The fourth-order valence-electron chi connectivity index (χ4n) is 5.99. The van der Waals surface area contributed by atoms with E-state index < -0.39 is 6.10 Å². The van der Waals surface area contributed by atoms with Gasteiger partial charge in [-0.25, -0.2) is 0 Å². The second-order valence-corrected chi connectivity index (χ2v) is 9.98. The van der Waals surface area contributed by atoms with E-state index in [-0.39, 0.29) is 11.5 Å². The van der Waals surface area contributed by atoms with Crippen molar-refractivity contribution in [3.63, 3.8) is 0 Å². The van der Waals surface area contributed by atoms with Gasteiger partial charge >= 0.3 is 0 Å². The molecule has 2 N–H and O–H groups in total. The van der Waals surface area contributed by atoms with Crippen molar-refractivity contribution in [2.75, 3.05) is 26.2 Å². The van der Waals surface area contributed by atoms with E-state index in [1.165, 1.54) is 38.8 Å². The van der Waals surface area contributed by atoms with Gasteiger partial charge in [-0.05, 0) is 83.6 Å². The number of nitrogens with one attached hydrogen (secondary N) is 1. The lowest BCUT2D eigenvalue weighted by molar-refractivity contribution is -0.0373. The minimum atomic E-state index is -0.600. The van der Waals surface area contributed by atoms with Crippen LogP contribution in [0.15, 0.2) is 16.5 Å². The highest BCUT2D eigenvalue weighted by atomic mass is 16.5. The van der Waals surface area contributed by atoms with Crippen LogP contribution >= 0.6 is 0 Å². The van der Waals surface area contributed by atoms with E-state index in [0.717, 1.165) is 60.9 Å². The van der Waals surface area contributed by atoms with Crippen LogP contribution in [0.3, 0.4) is 0 Å². The molecule has 2 aliphatic heterocycles. The molecular weight excluding hydrogens is 404 g/mol. The van der Waals surface area contributed by atoms with E-state index in [9.17, 15) is 9.90 Å². The number of aliphatic hydroxyl groups is 1. The molecule has 0 unspecified atom stereocenters. The molecule has 6 nitrogen and oxygen atoms in total. The van der Waals surface area contributed by atoms with Crippen LogP contribution in [0.25, 0.3) is 11.0 Å². The van der Waals surface area contributed by atoms with Crippen molar-refractivity contribution in [2.45, 2.75) is 82.8 Å². The van der Waals surface area contributed by atoms with Gasteiger partial charge in [0.1, 0.15) is 16.9 Å². The maximum Gasteiger partial charge on any atom is 0.287 e. The van der Waals surface area contributed by atoms with Crippen molar-refractivity contribution in [2.24, 2.45) is 0 Å². The molecule has 1 aliphatic carbocycles. The monoisotopic (exact) mass is 440 g/mol. The van der Waals surface area contributed by atoms with E-state index in [2.05, 4.69) is 10.2 Å². The molecule has 1 atom stereocenters. The molecule has 1 amide bonds. The molecule has 174 valence electrons. The van der Waals surface area contributed by atoms with Crippen molar-refractivity contribution in [3.05, 3.63) is 29.0 Å². The largest absolute Gasteiger partial charge is 0.487 e. The van der Waals surface area contributed by atoms with Gasteiger partial charge in [-0.2, -0.15) is 0 Å². The average Bonchev–Trinajstić information content (AvgIpc) is 3.14. The zero-order valence-corrected chi connectivity index (χ0v) is 19.3. The number of carbonyl (C=O) groups excluding carboxylic acids is 1. The summed E-state index contributed by atoms with van der Waals surface area (Å²) in [5, 5.41) is 15.0. The highest BCUT2D eigenvalue weighted by Gasteiger charge is 2.42. The number of likely N-dealkylation sites (tertiary alicyclic amines) is 1. The Morgan fingerprint density at radius 2 is 1.91 bits per heavy atom. The fourth-order valence-corrected chi connectivity index (χ4v) is 5.99. The van der Waals surface area contributed by atoms with Crippen molar-refractivity contribution in [1.29, 1.82) is 0 Å². The SMILES string of the molecule is Cc1c(C(=O)NCCCN2CCCCC2)oc2ccc3c(c12)[C@@H](O)CC1(CCCCC1)O3. The molecular formula is C26H36N2O4. The molecule has 2 fully saturated rings. The summed E-state index contributed by atoms with van der Waals surface area (Å²) in [5.74, 6) is 0.910. The van der Waals surface area contributed by atoms with Gasteiger partial charge in [0.15, 0.2) is 5.76 Å². The van der Waals surface area contributed by atoms with E-state index in [1.54, 1.807) is 0 Å². The molecule has 1 spiro atoms. The van der Waals surface area contributed by atoms with Crippen LogP contribution in [0.2, 0.25) is 0 Å². The van der Waals surface area contributed by atoms with E-state index >= 15 is 0 Å². The second-order valence-electron chi connectivity index (χ2n) is 9.98. The van der Waals surface area contributed by atoms with Crippen LogP contribution in [0, 0.1) is 6.92 Å². The predicted molar refractivity (Wildman–Crippen MR) is 124 cm³/mol. The van der Waals surface area contributed by atoms with Crippen LogP contribution in [-0.4, -0.2) is 47.7 Å². The number of nitrogens with zero attached hydrogens (tertiary/aromatic N) is 1. The molecule has 1 saturated heterocycles. The third-order valence-electron chi connectivity index (χ3n) is 7.68. The van der Waals surface area contributed by atoms with Gasteiger partial charge in [-0.15, -0.1) is 0 Å². The smallest absolute Gasteiger partial charge is 0.287 e. The normalized spacial score (nSPS) is 23.1. The van der Waals surface area contributed by atoms with Gasteiger partial charge in [0.25, 0.3) is 5.91 Å². The summed E-state index contributed by atoms with van der Waals surface area (Å²) in [6, 6.07) is 3.78. The minimum Gasteiger partial charge on any atom is -0.487 e. The molecule has 32 heavy (non-hydrogen) atoms. The highest BCUT2D eigenvalue weighted by Crippen LogP contribution is 2.49. The summed E-state index contributed by atoms with van der Waals surface area (Å²) in [6.07, 6.45) is 10.4. The molecule has 1 saturated carbocycles. The molecule has 1 aromatic heterocycles. The van der Waals surface area contributed by atoms with E-state index in [4.69, 9.17) is 9.15 Å². The number of aliphatic hydroxyl groups excluding tert-OH is 1. The summed E-state index contributed by atoms with van der Waals surface area (Å²) in [6.45, 7) is 5.92. The zero-order valence-electron chi connectivity index (χ0n) is 19.3. The first kappa shape index (κ1) is 21.8. The molecule has 6 heteroatoms. The van der Waals surface area contributed by atoms with Crippen LogP contribution < -0.4 is 10.1 Å². The maximum atomic E-state index is 12.9. The predicted octanol–water partition coefficient (Wildman–Crippen LogP) is 4.87. The third kappa shape index (κ3) is 4.15. The van der Waals surface area contributed by atoms with Crippen molar-refractivity contribution < 1.29 is 19.1 Å². The third-order valence-corrected chi connectivity index (χ3v) is 7.68. The number of carbonyl (C=O) groups is 1. The topological polar surface area (TPSA) is 74.9 Å². The molecule has 0 bridgehead atoms. The standard InChI is InChI=1S/C26H36N2O4/c1-18-22-20(31-24(18)25(30)27-13-8-16-28-14-6-3-7-15-28)9-10-21-23(22)19(29)17-26(32-21)11-4-2-5-12-26/h9-10,19,29H,2-8,11-17H2,1H3,(H,27,30)/t19-/m0/s1. The second kappa shape index (κ2) is 9.06. The number of amides is 1. The first-order valence-corrected chi connectivity index (χ1v) is 12.5. The number of aryl methyl sites for hydroxylation is 1. The van der Waals surface area contributed by atoms with Crippen molar-refractivity contribution in [3.8, 4) is 5.75 Å². The van der Waals surface area contributed by atoms with Gasteiger partial charge in [0.2, 0.25) is 0 Å². The van der Waals surface area contributed by atoms with Crippen LogP contribution in [0.5, 0.6) is 5.75 Å². The number of rotatable bonds is 5. The Morgan fingerprint density at radius 3 is 2.69 bits per heavy atom. The van der Waals surface area contributed by atoms with Gasteiger partial charge in [-0.1, -0.05) is 12.8 Å². The molecule has 1 aromatic carbocycles. The molecule has 2 aromatic rings. The average molecular weight is 441 g/mol. The summed E-state index contributed by atoms with van der Waals surface area (Å²) in [7, 11) is 0. The van der Waals surface area contributed by atoms with Gasteiger partial charge < -0.3 is 24.5 Å². The van der Waals surface area contributed by atoms with Gasteiger partial charge in [0.05, 0.1) is 6.10 Å². The quantitative estimate of drug-likeness (QED) is 0.649. The lowest BCUT2D eigenvalue weighted by atomic mass is 9.77. The Kier molecular flexibility index (Phi) is 6.17. The fraction of sp³-hybridized carbons (Fsp3) is 0.654. The zero-order chi connectivity index (χ0) is 22.1. The maximum absolute atomic E-state index is 12.9. The first-order valence-electron chi connectivity index (χ1n) is 12.5. The number of hydrogen-bond acceptors (Lipinski definition) is 5. The van der Waals surface area contributed by atoms with Gasteiger partial charge in [-0.3, -0.25) is 4.79 Å². The van der Waals surface area contributed by atoms with E-state index in [1.807, 2.05) is 19.1 Å². The van der Waals surface area contributed by atoms with Gasteiger partial charge in [0, 0.05) is 29.5 Å². The van der Waals surface area contributed by atoms with Crippen molar-refractivity contribution >= 4 is 16.9 Å². The highest BCUT2D eigenvalue weighted by molar-refractivity contribution is 6.00. The molecule has 5 rings (SSSR count). The molecule has 0 radical (unpaired) electrons. The molecule has 3 heterocycles. The first-order chi connectivity index (χ1) is 15.6. The number of hydrogen-bond donors (Lipinski definition) is 2. The van der Waals surface area contributed by atoms with Crippen LogP contribution in [0.1, 0.15) is 92.0 Å². The summed E-state index contributed by atoms with van der Waals surface area (Å²) in [4.78, 5) is 15.3. The molecule has 3 aliphatic rings. The number of benzene rings is 1. The van der Waals surface area contributed by atoms with Crippen molar-refractivity contribution in [1.82, 2.24) is 10.2 Å². The Hall–Kier alpha value is -2.05. The Balaban J connectivity index is 1.31. The Labute approximate surface area is 190 Å². The minimum absolute atomic E-state index is 0.180. The summed E-state index contributed by atoms with van der Waals surface area (Å²) in [5.41, 5.74) is 1.96. The number of fused-ring (bicyclic) bond motifs is 3. The summed E-state index contributed by atoms with van der Waals surface area (Å²) >= 11 is 0. The number of ether oxygens (including phenoxy) is 1. The Bertz CT molecular complexity index is 970. The Morgan fingerprint density at radius 1 is 1.16 bits per heavy atom. The number of furan rings is 1. The lowest BCUT2D eigenvalue weighted by Gasteiger charge is -2.43. The lowest BCUT2D eigenvalue weighted by Crippen LogP contribution is -2.42.